The fourth-order valence-electron chi connectivity index (χ4n) is 1.40. The summed E-state index contributed by atoms with van der Waals surface area (Å²) < 4.78 is 0. The van der Waals surface area contributed by atoms with Gasteiger partial charge in [0.25, 0.3) is 5.91 Å². The Bertz CT molecular complexity index is 433. The van der Waals surface area contributed by atoms with Crippen LogP contribution in [0.1, 0.15) is 15.9 Å². The van der Waals surface area contributed by atoms with Crippen LogP contribution in [0.3, 0.4) is 0 Å². The number of carbonyl (C=O) groups excluding carboxylic acids is 2. The topological polar surface area (TPSA) is 76.3 Å². The zero-order valence-electron chi connectivity index (χ0n) is 7.23. The van der Waals surface area contributed by atoms with Gasteiger partial charge in [0.1, 0.15) is 0 Å². The number of hydrogen-bond donors (Lipinski definition) is 1. The van der Waals surface area contributed by atoms with Gasteiger partial charge in [-0.1, -0.05) is 9.24 Å². The predicted molar refractivity (Wildman–Crippen MR) is 52.6 cm³/mol. The molecule has 0 aliphatic carbocycles. The Morgan fingerprint density at radius 3 is 2.93 bits per heavy atom. The molecule has 2 heterocycles. The molecule has 1 aliphatic rings. The Labute approximate surface area is 82.5 Å². The van der Waals surface area contributed by atoms with E-state index in [1.807, 2.05) is 0 Å². The van der Waals surface area contributed by atoms with Crippen LogP contribution in [0.2, 0.25) is 0 Å². The first kappa shape index (κ1) is 9.24. The highest BCUT2D eigenvalue weighted by atomic mass is 31.0. The lowest BCUT2D eigenvalue weighted by molar-refractivity contribution is -0.128. The average molecular weight is 209 g/mol. The van der Waals surface area contributed by atoms with Gasteiger partial charge in [-0.15, -0.1) is 0 Å². The third-order valence-electron chi connectivity index (χ3n) is 2.11. The van der Waals surface area contributed by atoms with Gasteiger partial charge >= 0.3 is 0 Å². The van der Waals surface area contributed by atoms with Gasteiger partial charge in [0.2, 0.25) is 5.91 Å². The van der Waals surface area contributed by atoms with E-state index in [-0.39, 0.29) is 6.42 Å². The van der Waals surface area contributed by atoms with Gasteiger partial charge in [0, 0.05) is 6.20 Å². The lowest BCUT2D eigenvalue weighted by Gasteiger charge is -2.22. The molecule has 0 fully saturated rings. The van der Waals surface area contributed by atoms with Crippen LogP contribution in [0, 0.1) is 0 Å². The predicted octanol–water partition coefficient (Wildman–Crippen LogP) is -1.02. The molecular weight excluding hydrogens is 201 g/mol. The highest BCUT2D eigenvalue weighted by molar-refractivity contribution is 7.27. The minimum atomic E-state index is -0.491. The minimum absolute atomic E-state index is 0.154. The smallest absolute Gasteiger partial charge is 0.273 e. The summed E-state index contributed by atoms with van der Waals surface area (Å²) >= 11 is 0. The van der Waals surface area contributed by atoms with Crippen molar-refractivity contribution in [3.63, 3.8) is 0 Å². The van der Waals surface area contributed by atoms with Crippen LogP contribution in [0.15, 0.2) is 12.3 Å². The molecule has 0 radical (unpaired) electrons. The molecule has 0 saturated heterocycles. The summed E-state index contributed by atoms with van der Waals surface area (Å²) in [5.74, 6) is 4.42. The number of amides is 2. The van der Waals surface area contributed by atoms with Crippen LogP contribution < -0.4 is 11.3 Å². The van der Waals surface area contributed by atoms with Crippen molar-refractivity contribution in [2.24, 2.45) is 5.84 Å². The fourth-order valence-corrected chi connectivity index (χ4v) is 1.79. The molecule has 5 nitrogen and oxygen atoms in total. The molecule has 1 aromatic rings. The lowest BCUT2D eigenvalue weighted by atomic mass is 10.0. The number of fused-ring (bicyclic) bond motifs is 1. The van der Waals surface area contributed by atoms with Crippen LogP contribution in [0.25, 0.3) is 0 Å². The first-order chi connectivity index (χ1) is 6.61. The number of hydrazine groups is 1. The molecule has 2 N–H and O–H groups in total. The second kappa shape index (κ2) is 3.12. The molecule has 1 aromatic heterocycles. The first-order valence-electron chi connectivity index (χ1n) is 3.96. The molecule has 14 heavy (non-hydrogen) atoms. The van der Waals surface area contributed by atoms with Gasteiger partial charge in [-0.25, -0.2) is 10.9 Å². The molecule has 0 bridgehead atoms. The third-order valence-corrected chi connectivity index (χ3v) is 2.55. The number of nitrogens with two attached hydrogens (primary N) is 1. The largest absolute Gasteiger partial charge is 0.277 e. The zero-order valence-corrected chi connectivity index (χ0v) is 8.38. The maximum Gasteiger partial charge on any atom is 0.277 e. The number of nitrogens with zero attached hydrogens (tertiary/aromatic N) is 2. The summed E-state index contributed by atoms with van der Waals surface area (Å²) in [5.41, 5.74) is 1.62. The summed E-state index contributed by atoms with van der Waals surface area (Å²) in [7, 11) is 2.35. The monoisotopic (exact) mass is 209 g/mol. The van der Waals surface area contributed by atoms with Crippen molar-refractivity contribution in [1.82, 2.24) is 9.99 Å². The fraction of sp³-hybridized carbons (Fsp3) is 0.125. The summed E-state index contributed by atoms with van der Waals surface area (Å²) in [5, 5.41) is 0.636. The van der Waals surface area contributed by atoms with Crippen LogP contribution >= 0.6 is 9.24 Å². The quantitative estimate of drug-likeness (QED) is 0.257. The average Bonchev–Trinajstić information content (AvgIpc) is 2.14. The lowest BCUT2D eigenvalue weighted by Crippen LogP contribution is -2.48. The number of aromatic nitrogens is 1. The standard InChI is InChI=1S/C8H8N3O2P/c9-11-5(12)3-4-1-2-10-7(14)6(4)8(11)13/h1-2H,3,9,14H2. The van der Waals surface area contributed by atoms with Gasteiger partial charge < -0.3 is 0 Å². The van der Waals surface area contributed by atoms with Crippen LogP contribution in [-0.4, -0.2) is 21.8 Å². The van der Waals surface area contributed by atoms with Crippen molar-refractivity contribution in [2.75, 3.05) is 0 Å². The third kappa shape index (κ3) is 1.22. The Morgan fingerprint density at radius 2 is 2.21 bits per heavy atom. The van der Waals surface area contributed by atoms with Crippen molar-refractivity contribution in [1.29, 1.82) is 0 Å². The molecule has 1 unspecified atom stereocenters. The number of imide groups is 1. The highest BCUT2D eigenvalue weighted by Gasteiger charge is 2.30. The summed E-state index contributed by atoms with van der Waals surface area (Å²) in [4.78, 5) is 26.8. The van der Waals surface area contributed by atoms with E-state index in [4.69, 9.17) is 5.84 Å². The van der Waals surface area contributed by atoms with Crippen molar-refractivity contribution < 1.29 is 9.59 Å². The molecule has 1 atom stereocenters. The van der Waals surface area contributed by atoms with E-state index < -0.39 is 11.8 Å². The SMILES string of the molecule is NN1C(=O)Cc2ccnc(P)c2C1=O. The number of carbonyl (C=O) groups is 2. The summed E-state index contributed by atoms with van der Waals surface area (Å²) in [6.07, 6.45) is 1.72. The van der Waals surface area contributed by atoms with Crippen molar-refractivity contribution >= 4 is 26.5 Å². The Morgan fingerprint density at radius 1 is 1.50 bits per heavy atom. The Kier molecular flexibility index (Phi) is 2.06. The number of hydrogen-bond acceptors (Lipinski definition) is 4. The molecule has 1 aliphatic heterocycles. The first-order valence-corrected chi connectivity index (χ1v) is 4.54. The maximum absolute atomic E-state index is 11.6. The van der Waals surface area contributed by atoms with E-state index in [9.17, 15) is 9.59 Å². The molecule has 2 amide bonds. The van der Waals surface area contributed by atoms with E-state index >= 15 is 0 Å². The van der Waals surface area contributed by atoms with E-state index in [0.29, 0.717) is 21.6 Å². The van der Waals surface area contributed by atoms with Gasteiger partial charge in [0.15, 0.2) is 0 Å². The van der Waals surface area contributed by atoms with E-state index in [0.717, 1.165) is 0 Å². The van der Waals surface area contributed by atoms with Crippen molar-refractivity contribution in [3.8, 4) is 0 Å². The summed E-state index contributed by atoms with van der Waals surface area (Å²) in [6.45, 7) is 0. The van der Waals surface area contributed by atoms with Crippen LogP contribution in [0.4, 0.5) is 0 Å². The normalized spacial score (nSPS) is 15.7. The van der Waals surface area contributed by atoms with Crippen molar-refractivity contribution in [3.05, 3.63) is 23.4 Å². The Hall–Kier alpha value is -1.32. The van der Waals surface area contributed by atoms with Crippen LogP contribution in [0.5, 0.6) is 0 Å². The second-order valence-electron chi connectivity index (χ2n) is 2.98. The van der Waals surface area contributed by atoms with Crippen LogP contribution in [-0.2, 0) is 11.2 Å². The van der Waals surface area contributed by atoms with Crippen molar-refractivity contribution in [2.45, 2.75) is 6.42 Å². The van der Waals surface area contributed by atoms with Gasteiger partial charge in [-0.2, -0.15) is 0 Å². The van der Waals surface area contributed by atoms with Gasteiger partial charge in [-0.3, -0.25) is 14.6 Å². The van der Waals surface area contributed by atoms with Gasteiger partial charge in [-0.05, 0) is 11.6 Å². The maximum atomic E-state index is 11.6. The minimum Gasteiger partial charge on any atom is -0.273 e. The molecular formula is C8H8N3O2P. The molecule has 0 aromatic carbocycles. The molecule has 72 valence electrons. The molecule has 0 saturated carbocycles. The molecule has 0 spiro atoms. The van der Waals surface area contributed by atoms with E-state index in [1.54, 1.807) is 12.3 Å². The highest BCUT2D eigenvalue weighted by Crippen LogP contribution is 2.16. The zero-order chi connectivity index (χ0) is 10.3. The summed E-state index contributed by atoms with van der Waals surface area (Å²) in [6, 6.07) is 1.66. The number of rotatable bonds is 0. The molecule has 6 heteroatoms. The van der Waals surface area contributed by atoms with Gasteiger partial charge in [0.05, 0.1) is 17.4 Å². The number of pyridine rings is 1. The molecule has 2 rings (SSSR count). The van der Waals surface area contributed by atoms with E-state index in [1.165, 1.54) is 0 Å². The second-order valence-corrected chi connectivity index (χ2v) is 3.52. The van der Waals surface area contributed by atoms with E-state index in [2.05, 4.69) is 14.2 Å². The Balaban J connectivity index is 2.62.